The van der Waals surface area contributed by atoms with Gasteiger partial charge in [-0.2, -0.15) is 0 Å². The summed E-state index contributed by atoms with van der Waals surface area (Å²) in [7, 11) is 1.83. The number of carbonyl (C=O) groups is 1. The summed E-state index contributed by atoms with van der Waals surface area (Å²) in [6.07, 6.45) is 1.71. The maximum absolute atomic E-state index is 12.7. The number of amides is 1. The monoisotopic (exact) mass is 391 g/mol. The van der Waals surface area contributed by atoms with E-state index in [-0.39, 0.29) is 11.9 Å². The molecule has 2 saturated heterocycles. The van der Waals surface area contributed by atoms with E-state index in [1.54, 1.807) is 0 Å². The average Bonchev–Trinajstić information content (AvgIpc) is 2.60. The number of nitrogens with one attached hydrogen (secondary N) is 1. The summed E-state index contributed by atoms with van der Waals surface area (Å²) >= 11 is 6.03. The molecule has 1 amide bonds. The van der Waals surface area contributed by atoms with Gasteiger partial charge in [0.1, 0.15) is 0 Å². The Kier molecular flexibility index (Phi) is 6.96. The van der Waals surface area contributed by atoms with Crippen molar-refractivity contribution in [2.75, 3.05) is 52.9 Å². The number of halogens is 1. The highest BCUT2D eigenvalue weighted by molar-refractivity contribution is 6.30. The Hall–Kier alpha value is -1.79. The fourth-order valence-corrected chi connectivity index (χ4v) is 3.92. The molecule has 1 unspecified atom stereocenters. The van der Waals surface area contributed by atoms with E-state index in [1.807, 2.05) is 36.2 Å². The van der Waals surface area contributed by atoms with Gasteiger partial charge in [0, 0.05) is 50.8 Å². The minimum absolute atomic E-state index is 0.152. The number of likely N-dealkylation sites (tertiary alicyclic amines) is 1. The molecule has 0 aliphatic carbocycles. The molecule has 1 atom stereocenters. The highest BCUT2D eigenvalue weighted by Crippen LogP contribution is 2.15. The first-order chi connectivity index (χ1) is 13.1. The molecule has 148 valence electrons. The molecular formula is C20H30ClN5O. The van der Waals surface area contributed by atoms with E-state index < -0.39 is 0 Å². The Morgan fingerprint density at radius 3 is 2.74 bits per heavy atom. The van der Waals surface area contributed by atoms with Crippen LogP contribution in [0.25, 0.3) is 0 Å². The summed E-state index contributed by atoms with van der Waals surface area (Å²) in [6.45, 7) is 8.82. The second-order valence-corrected chi connectivity index (χ2v) is 7.79. The number of rotatable bonds is 5. The van der Waals surface area contributed by atoms with Crippen LogP contribution in [0, 0.1) is 0 Å². The Morgan fingerprint density at radius 1 is 1.30 bits per heavy atom. The average molecular weight is 392 g/mol. The molecule has 27 heavy (non-hydrogen) atoms. The van der Waals surface area contributed by atoms with Crippen LogP contribution >= 0.6 is 11.6 Å². The summed E-state index contributed by atoms with van der Waals surface area (Å²) in [5.41, 5.74) is 0.964. The van der Waals surface area contributed by atoms with Gasteiger partial charge in [-0.3, -0.25) is 9.79 Å². The topological polar surface area (TPSA) is 51.2 Å². The third kappa shape index (κ3) is 5.36. The van der Waals surface area contributed by atoms with Crippen LogP contribution in [0.15, 0.2) is 29.3 Å². The molecule has 1 aromatic rings. The van der Waals surface area contributed by atoms with E-state index in [1.165, 1.54) is 19.5 Å². The van der Waals surface area contributed by atoms with Crippen molar-refractivity contribution in [1.29, 1.82) is 0 Å². The smallest absolute Gasteiger partial charge is 0.227 e. The van der Waals surface area contributed by atoms with Gasteiger partial charge in [-0.25, -0.2) is 0 Å². The predicted molar refractivity (Wildman–Crippen MR) is 110 cm³/mol. The molecule has 3 rings (SSSR count). The van der Waals surface area contributed by atoms with Crippen LogP contribution in [0.4, 0.5) is 0 Å². The van der Waals surface area contributed by atoms with Crippen molar-refractivity contribution >= 4 is 23.5 Å². The quantitative estimate of drug-likeness (QED) is 0.613. The molecule has 0 aromatic heterocycles. The van der Waals surface area contributed by atoms with E-state index >= 15 is 0 Å². The summed E-state index contributed by atoms with van der Waals surface area (Å²) in [4.78, 5) is 23.8. The Balaban J connectivity index is 1.49. The lowest BCUT2D eigenvalue weighted by Gasteiger charge is -2.41. The number of guanidine groups is 1. The molecule has 1 N–H and O–H groups in total. The number of hydrogen-bond acceptors (Lipinski definition) is 3. The van der Waals surface area contributed by atoms with Crippen LogP contribution in [-0.2, 0) is 11.2 Å². The lowest BCUT2D eigenvalue weighted by atomic mass is 10.1. The maximum Gasteiger partial charge on any atom is 0.227 e. The zero-order valence-corrected chi connectivity index (χ0v) is 17.1. The van der Waals surface area contributed by atoms with Crippen LogP contribution in [0.5, 0.6) is 0 Å². The highest BCUT2D eigenvalue weighted by atomic mass is 35.5. The van der Waals surface area contributed by atoms with Gasteiger partial charge >= 0.3 is 0 Å². The fourth-order valence-electron chi connectivity index (χ4n) is 3.71. The molecular weight excluding hydrogens is 362 g/mol. The van der Waals surface area contributed by atoms with Crippen LogP contribution < -0.4 is 5.32 Å². The van der Waals surface area contributed by atoms with Crippen LogP contribution in [0.2, 0.25) is 5.02 Å². The summed E-state index contributed by atoms with van der Waals surface area (Å²) in [6, 6.07) is 7.69. The second-order valence-electron chi connectivity index (χ2n) is 7.36. The van der Waals surface area contributed by atoms with Gasteiger partial charge in [-0.05, 0) is 44.1 Å². The molecule has 2 aliphatic heterocycles. The van der Waals surface area contributed by atoms with Gasteiger partial charge in [-0.1, -0.05) is 23.7 Å². The molecule has 0 bridgehead atoms. The van der Waals surface area contributed by atoms with Gasteiger partial charge in [0.15, 0.2) is 5.96 Å². The molecule has 2 heterocycles. The van der Waals surface area contributed by atoms with Crippen molar-refractivity contribution in [2.24, 2.45) is 4.99 Å². The van der Waals surface area contributed by atoms with Gasteiger partial charge in [0.05, 0.1) is 6.42 Å². The first kappa shape index (κ1) is 20.0. The zero-order valence-electron chi connectivity index (χ0n) is 16.3. The first-order valence-electron chi connectivity index (χ1n) is 9.78. The van der Waals surface area contributed by atoms with Crippen molar-refractivity contribution in [3.05, 3.63) is 34.9 Å². The number of nitrogens with zero attached hydrogens (tertiary/aromatic N) is 4. The van der Waals surface area contributed by atoms with Gasteiger partial charge < -0.3 is 20.0 Å². The molecule has 0 spiro atoms. The molecule has 0 saturated carbocycles. The third-order valence-corrected chi connectivity index (χ3v) is 5.60. The summed E-state index contributed by atoms with van der Waals surface area (Å²) in [5, 5.41) is 4.14. The SMILES string of the molecule is CN=C(NCCN1CCC1)N1CCN(C(=O)Cc2cccc(Cl)c2)C(C)C1. The van der Waals surface area contributed by atoms with E-state index in [0.717, 1.165) is 37.7 Å². The van der Waals surface area contributed by atoms with Crippen molar-refractivity contribution < 1.29 is 4.79 Å². The summed E-state index contributed by atoms with van der Waals surface area (Å²) < 4.78 is 0. The molecule has 2 fully saturated rings. The normalized spacial score (nSPS) is 21.1. The Morgan fingerprint density at radius 2 is 2.11 bits per heavy atom. The molecule has 7 heteroatoms. The molecule has 6 nitrogen and oxygen atoms in total. The molecule has 1 aromatic carbocycles. The van der Waals surface area contributed by atoms with Crippen LogP contribution in [-0.4, -0.2) is 85.5 Å². The lowest BCUT2D eigenvalue weighted by Crippen LogP contribution is -2.58. The number of benzene rings is 1. The molecule has 2 aliphatic rings. The van der Waals surface area contributed by atoms with Crippen LogP contribution in [0.3, 0.4) is 0 Å². The van der Waals surface area contributed by atoms with Crippen molar-refractivity contribution in [3.8, 4) is 0 Å². The van der Waals surface area contributed by atoms with E-state index in [9.17, 15) is 4.79 Å². The van der Waals surface area contributed by atoms with Crippen molar-refractivity contribution in [1.82, 2.24) is 20.0 Å². The van der Waals surface area contributed by atoms with Gasteiger partial charge in [0.2, 0.25) is 5.91 Å². The third-order valence-electron chi connectivity index (χ3n) is 5.36. The second kappa shape index (κ2) is 9.42. The number of carbonyl (C=O) groups excluding carboxylic acids is 1. The largest absolute Gasteiger partial charge is 0.355 e. The van der Waals surface area contributed by atoms with E-state index in [0.29, 0.717) is 18.0 Å². The lowest BCUT2D eigenvalue weighted by molar-refractivity contribution is -0.134. The summed E-state index contributed by atoms with van der Waals surface area (Å²) in [5.74, 6) is 1.09. The fraction of sp³-hybridized carbons (Fsp3) is 0.600. The maximum atomic E-state index is 12.7. The predicted octanol–water partition coefficient (Wildman–Crippen LogP) is 1.70. The Bertz CT molecular complexity index is 676. The van der Waals surface area contributed by atoms with Gasteiger partial charge in [-0.15, -0.1) is 0 Å². The minimum Gasteiger partial charge on any atom is -0.355 e. The van der Waals surface area contributed by atoms with Crippen molar-refractivity contribution in [3.63, 3.8) is 0 Å². The van der Waals surface area contributed by atoms with Crippen LogP contribution in [0.1, 0.15) is 18.9 Å². The highest BCUT2D eigenvalue weighted by Gasteiger charge is 2.28. The first-order valence-corrected chi connectivity index (χ1v) is 10.2. The number of hydrogen-bond donors (Lipinski definition) is 1. The molecule has 0 radical (unpaired) electrons. The zero-order chi connectivity index (χ0) is 19.2. The number of aliphatic imine (C=N–C) groups is 1. The Labute approximate surface area is 167 Å². The minimum atomic E-state index is 0.152. The van der Waals surface area contributed by atoms with Crippen molar-refractivity contribution in [2.45, 2.75) is 25.8 Å². The van der Waals surface area contributed by atoms with E-state index in [4.69, 9.17) is 11.6 Å². The van der Waals surface area contributed by atoms with Gasteiger partial charge in [0.25, 0.3) is 0 Å². The number of piperazine rings is 1. The standard InChI is InChI=1S/C20H30ClN5O/c1-16-15-25(20(22-2)23-7-10-24-8-4-9-24)11-12-26(16)19(27)14-17-5-3-6-18(21)13-17/h3,5-6,13,16H,4,7-12,14-15H2,1-2H3,(H,22,23). The van der Waals surface area contributed by atoms with E-state index in [2.05, 4.69) is 27.0 Å².